The summed E-state index contributed by atoms with van der Waals surface area (Å²) >= 11 is 5.99. The van der Waals surface area contributed by atoms with Crippen LogP contribution in [0.5, 0.6) is 0 Å². The van der Waals surface area contributed by atoms with Crippen LogP contribution in [0.2, 0.25) is 0 Å². The van der Waals surface area contributed by atoms with Crippen molar-refractivity contribution >= 4 is 11.6 Å². The molecular formula is C8H13ClO. The zero-order valence-electron chi connectivity index (χ0n) is 6.05. The van der Waals surface area contributed by atoms with Crippen LogP contribution in [0, 0.1) is 0 Å². The molecule has 0 amide bonds. The first kappa shape index (κ1) is 8.09. The predicted molar refractivity (Wildman–Crippen MR) is 43.4 cm³/mol. The smallest absolute Gasteiger partial charge is 0.0772 e. The van der Waals surface area contributed by atoms with Gasteiger partial charge in [-0.1, -0.05) is 6.08 Å². The van der Waals surface area contributed by atoms with Crippen LogP contribution in [0.25, 0.3) is 0 Å². The van der Waals surface area contributed by atoms with Crippen LogP contribution in [0.1, 0.15) is 19.3 Å². The maximum absolute atomic E-state index is 5.99. The molecule has 0 aromatic carbocycles. The van der Waals surface area contributed by atoms with Gasteiger partial charge < -0.3 is 4.74 Å². The molecule has 0 spiro atoms. The number of alkyl halides is 1. The van der Waals surface area contributed by atoms with Crippen LogP contribution >= 0.6 is 11.6 Å². The Morgan fingerprint density at radius 1 is 1.70 bits per heavy atom. The van der Waals surface area contributed by atoms with Crippen molar-refractivity contribution in [2.45, 2.75) is 30.7 Å². The molecule has 0 radical (unpaired) electrons. The summed E-state index contributed by atoms with van der Waals surface area (Å²) in [7, 11) is 0. The summed E-state index contributed by atoms with van der Waals surface area (Å²) in [6.07, 6.45) is 5.15. The molecule has 0 aromatic rings. The van der Waals surface area contributed by atoms with Crippen LogP contribution in [0.3, 0.4) is 0 Å². The van der Waals surface area contributed by atoms with Gasteiger partial charge >= 0.3 is 0 Å². The molecule has 1 aliphatic rings. The first-order valence-corrected chi connectivity index (χ1v) is 4.15. The zero-order chi connectivity index (χ0) is 7.40. The highest BCUT2D eigenvalue weighted by Gasteiger charge is 2.21. The predicted octanol–water partition coefficient (Wildman–Crippen LogP) is 2.35. The Labute approximate surface area is 67.0 Å². The fraction of sp³-hybridized carbons (Fsp3) is 0.750. The Morgan fingerprint density at radius 2 is 2.50 bits per heavy atom. The van der Waals surface area contributed by atoms with E-state index in [-0.39, 0.29) is 11.5 Å². The molecule has 2 atom stereocenters. The van der Waals surface area contributed by atoms with Crippen LogP contribution in [0.15, 0.2) is 12.7 Å². The Kier molecular flexibility index (Phi) is 3.23. The number of hydrogen-bond acceptors (Lipinski definition) is 1. The van der Waals surface area contributed by atoms with Gasteiger partial charge in [-0.2, -0.15) is 0 Å². The summed E-state index contributed by atoms with van der Waals surface area (Å²) < 4.78 is 5.43. The average molecular weight is 161 g/mol. The van der Waals surface area contributed by atoms with E-state index in [4.69, 9.17) is 16.3 Å². The van der Waals surface area contributed by atoms with Crippen molar-refractivity contribution in [1.82, 2.24) is 0 Å². The minimum atomic E-state index is 0.201. The molecule has 10 heavy (non-hydrogen) atoms. The minimum Gasteiger partial charge on any atom is -0.376 e. The maximum Gasteiger partial charge on any atom is 0.0772 e. The van der Waals surface area contributed by atoms with E-state index in [2.05, 4.69) is 6.58 Å². The lowest BCUT2D eigenvalue weighted by Crippen LogP contribution is -2.29. The quantitative estimate of drug-likeness (QED) is 0.445. The second-order valence-electron chi connectivity index (χ2n) is 2.59. The van der Waals surface area contributed by atoms with Gasteiger partial charge in [-0.05, 0) is 19.3 Å². The van der Waals surface area contributed by atoms with E-state index < -0.39 is 0 Å². The van der Waals surface area contributed by atoms with Crippen LogP contribution in [0.4, 0.5) is 0 Å². The van der Waals surface area contributed by atoms with Crippen molar-refractivity contribution in [1.29, 1.82) is 0 Å². The van der Waals surface area contributed by atoms with Crippen molar-refractivity contribution in [3.8, 4) is 0 Å². The van der Waals surface area contributed by atoms with E-state index in [0.29, 0.717) is 0 Å². The molecule has 0 aliphatic carbocycles. The third kappa shape index (κ3) is 1.99. The lowest BCUT2D eigenvalue weighted by Gasteiger charge is -2.26. The first-order chi connectivity index (χ1) is 4.84. The van der Waals surface area contributed by atoms with E-state index in [1.165, 1.54) is 0 Å². The fourth-order valence-corrected chi connectivity index (χ4v) is 1.51. The Hall–Kier alpha value is -0.0100. The highest BCUT2D eigenvalue weighted by molar-refractivity contribution is 6.21. The van der Waals surface area contributed by atoms with Gasteiger partial charge in [0.25, 0.3) is 0 Å². The monoisotopic (exact) mass is 160 g/mol. The first-order valence-electron chi connectivity index (χ1n) is 3.71. The summed E-state index contributed by atoms with van der Waals surface area (Å²) in [5.41, 5.74) is 0. The molecule has 1 heterocycles. The lowest BCUT2D eigenvalue weighted by atomic mass is 10.1. The number of hydrogen-bond donors (Lipinski definition) is 0. The van der Waals surface area contributed by atoms with Crippen LogP contribution in [-0.4, -0.2) is 18.1 Å². The van der Waals surface area contributed by atoms with Crippen LogP contribution < -0.4 is 0 Å². The SMILES string of the molecule is C=CC[C@@H]1OCCC[C@H]1Cl. The molecule has 1 saturated heterocycles. The molecule has 1 aliphatic heterocycles. The standard InChI is InChI=1S/C8H13ClO/c1-2-4-8-7(9)5-3-6-10-8/h2,7-8H,1,3-6H2/t7-,8+/m1/s1. The summed E-state index contributed by atoms with van der Waals surface area (Å²) in [5.74, 6) is 0. The normalized spacial score (nSPS) is 33.7. The van der Waals surface area contributed by atoms with Crippen molar-refractivity contribution < 1.29 is 4.74 Å². The second-order valence-corrected chi connectivity index (χ2v) is 3.15. The molecular weight excluding hydrogens is 148 g/mol. The van der Waals surface area contributed by atoms with Gasteiger partial charge in [-0.3, -0.25) is 0 Å². The van der Waals surface area contributed by atoms with Gasteiger partial charge in [0, 0.05) is 6.61 Å². The lowest BCUT2D eigenvalue weighted by molar-refractivity contribution is 0.0218. The van der Waals surface area contributed by atoms with Crippen molar-refractivity contribution in [2.24, 2.45) is 0 Å². The van der Waals surface area contributed by atoms with E-state index in [0.717, 1.165) is 25.9 Å². The highest BCUT2D eigenvalue weighted by atomic mass is 35.5. The molecule has 1 nitrogen and oxygen atoms in total. The molecule has 0 saturated carbocycles. The molecule has 2 heteroatoms. The van der Waals surface area contributed by atoms with Gasteiger partial charge in [0.15, 0.2) is 0 Å². The topological polar surface area (TPSA) is 9.23 Å². The van der Waals surface area contributed by atoms with Gasteiger partial charge in [0.2, 0.25) is 0 Å². The molecule has 0 unspecified atom stereocenters. The van der Waals surface area contributed by atoms with E-state index in [1.807, 2.05) is 6.08 Å². The average Bonchev–Trinajstić information content (AvgIpc) is 1.94. The molecule has 0 aromatic heterocycles. The number of ether oxygens (including phenoxy) is 1. The summed E-state index contributed by atoms with van der Waals surface area (Å²) in [5, 5.41) is 0.201. The van der Waals surface area contributed by atoms with E-state index >= 15 is 0 Å². The second kappa shape index (κ2) is 3.99. The van der Waals surface area contributed by atoms with E-state index in [9.17, 15) is 0 Å². The zero-order valence-corrected chi connectivity index (χ0v) is 6.81. The molecule has 0 N–H and O–H groups in total. The molecule has 1 rings (SSSR count). The van der Waals surface area contributed by atoms with Gasteiger partial charge in [0.05, 0.1) is 11.5 Å². The Bertz CT molecular complexity index is 114. The minimum absolute atomic E-state index is 0.201. The summed E-state index contributed by atoms with van der Waals surface area (Å²) in [6.45, 7) is 4.51. The number of halogens is 1. The molecule has 0 bridgehead atoms. The van der Waals surface area contributed by atoms with Crippen molar-refractivity contribution in [3.05, 3.63) is 12.7 Å². The summed E-state index contributed by atoms with van der Waals surface area (Å²) in [4.78, 5) is 0. The third-order valence-corrected chi connectivity index (χ3v) is 2.26. The highest BCUT2D eigenvalue weighted by Crippen LogP contribution is 2.21. The summed E-state index contributed by atoms with van der Waals surface area (Å²) in [6, 6.07) is 0. The van der Waals surface area contributed by atoms with Crippen molar-refractivity contribution in [2.75, 3.05) is 6.61 Å². The van der Waals surface area contributed by atoms with Gasteiger partial charge in [-0.15, -0.1) is 18.2 Å². The largest absolute Gasteiger partial charge is 0.376 e. The third-order valence-electron chi connectivity index (χ3n) is 1.76. The van der Waals surface area contributed by atoms with E-state index in [1.54, 1.807) is 0 Å². The Morgan fingerprint density at radius 3 is 3.10 bits per heavy atom. The van der Waals surface area contributed by atoms with Gasteiger partial charge in [0.1, 0.15) is 0 Å². The van der Waals surface area contributed by atoms with Gasteiger partial charge in [-0.25, -0.2) is 0 Å². The number of rotatable bonds is 2. The fourth-order valence-electron chi connectivity index (χ4n) is 1.18. The maximum atomic E-state index is 5.99. The van der Waals surface area contributed by atoms with Crippen molar-refractivity contribution in [3.63, 3.8) is 0 Å². The molecule has 58 valence electrons. The van der Waals surface area contributed by atoms with Crippen LogP contribution in [-0.2, 0) is 4.74 Å². The molecule has 1 fully saturated rings. The Balaban J connectivity index is 2.32.